The van der Waals surface area contributed by atoms with E-state index in [1.54, 1.807) is 11.0 Å². The van der Waals surface area contributed by atoms with Crippen LogP contribution in [0.5, 0.6) is 0 Å². The van der Waals surface area contributed by atoms with E-state index in [0.29, 0.717) is 24.9 Å². The molecule has 3 rings (SSSR count). The number of piperidine rings is 1. The molecule has 1 saturated heterocycles. The molecule has 32 heavy (non-hydrogen) atoms. The highest BCUT2D eigenvalue weighted by atomic mass is 19.4. The van der Waals surface area contributed by atoms with Gasteiger partial charge in [-0.3, -0.25) is 9.69 Å². The third-order valence-corrected chi connectivity index (χ3v) is 5.76. The molecule has 0 aromatic heterocycles. The zero-order valence-electron chi connectivity index (χ0n) is 17.3. The SMILES string of the molecule is CC1(C(=O)OC(c2ccccc2)C(F)(F)F)CCCCN1Cc1ccc(C(F)(F)F)cc1. The van der Waals surface area contributed by atoms with Crippen molar-refractivity contribution < 1.29 is 35.9 Å². The van der Waals surface area contributed by atoms with E-state index in [2.05, 4.69) is 0 Å². The number of halogens is 6. The first kappa shape index (κ1) is 24.1. The normalized spacial score (nSPS) is 21.2. The molecule has 9 heteroatoms. The molecule has 0 N–H and O–H groups in total. The fourth-order valence-electron chi connectivity index (χ4n) is 3.87. The number of benzene rings is 2. The molecule has 0 radical (unpaired) electrons. The smallest absolute Gasteiger partial charge is 0.429 e. The fraction of sp³-hybridized carbons (Fsp3) is 0.435. The predicted octanol–water partition coefficient (Wildman–Crippen LogP) is 6.30. The lowest BCUT2D eigenvalue weighted by Crippen LogP contribution is -2.55. The van der Waals surface area contributed by atoms with Gasteiger partial charge in [0.15, 0.2) is 0 Å². The summed E-state index contributed by atoms with van der Waals surface area (Å²) in [7, 11) is 0. The minimum absolute atomic E-state index is 0.117. The lowest BCUT2D eigenvalue weighted by Gasteiger charge is -2.43. The highest BCUT2D eigenvalue weighted by Crippen LogP contribution is 2.39. The minimum atomic E-state index is -4.79. The minimum Gasteiger partial charge on any atom is -0.446 e. The number of esters is 1. The van der Waals surface area contributed by atoms with E-state index in [0.717, 1.165) is 12.1 Å². The molecule has 3 nitrogen and oxygen atoms in total. The summed E-state index contributed by atoms with van der Waals surface area (Å²) < 4.78 is 84.4. The second-order valence-electron chi connectivity index (χ2n) is 8.08. The van der Waals surface area contributed by atoms with Gasteiger partial charge in [-0.05, 0) is 50.4 Å². The van der Waals surface area contributed by atoms with Gasteiger partial charge in [0, 0.05) is 12.1 Å². The maximum Gasteiger partial charge on any atom is 0.429 e. The van der Waals surface area contributed by atoms with Crippen LogP contribution in [-0.2, 0) is 22.3 Å². The Labute approximate surface area is 182 Å². The lowest BCUT2D eigenvalue weighted by molar-refractivity contribution is -0.230. The molecule has 2 atom stereocenters. The number of alkyl halides is 6. The van der Waals surface area contributed by atoms with Crippen molar-refractivity contribution >= 4 is 5.97 Å². The molecule has 1 aliphatic rings. The maximum atomic E-state index is 13.7. The monoisotopic (exact) mass is 459 g/mol. The van der Waals surface area contributed by atoms with E-state index in [1.807, 2.05) is 0 Å². The van der Waals surface area contributed by atoms with Crippen molar-refractivity contribution in [1.29, 1.82) is 0 Å². The number of rotatable bonds is 5. The first-order valence-corrected chi connectivity index (χ1v) is 10.2. The predicted molar refractivity (Wildman–Crippen MR) is 105 cm³/mol. The van der Waals surface area contributed by atoms with Crippen molar-refractivity contribution in [2.75, 3.05) is 6.54 Å². The van der Waals surface area contributed by atoms with E-state index in [9.17, 15) is 31.1 Å². The van der Waals surface area contributed by atoms with Gasteiger partial charge in [0.05, 0.1) is 5.56 Å². The quantitative estimate of drug-likeness (QED) is 0.388. The zero-order valence-corrected chi connectivity index (χ0v) is 17.3. The topological polar surface area (TPSA) is 29.5 Å². The van der Waals surface area contributed by atoms with Crippen LogP contribution >= 0.6 is 0 Å². The third kappa shape index (κ3) is 5.43. The second kappa shape index (κ2) is 9.13. The van der Waals surface area contributed by atoms with E-state index in [4.69, 9.17) is 4.74 Å². The molecule has 0 aliphatic carbocycles. The average Bonchev–Trinajstić information content (AvgIpc) is 2.73. The molecule has 1 fully saturated rings. The van der Waals surface area contributed by atoms with Gasteiger partial charge in [0.25, 0.3) is 0 Å². The van der Waals surface area contributed by atoms with Gasteiger partial charge in [0.2, 0.25) is 6.10 Å². The van der Waals surface area contributed by atoms with Crippen LogP contribution in [-0.4, -0.2) is 29.1 Å². The molecule has 0 spiro atoms. The summed E-state index contributed by atoms with van der Waals surface area (Å²) in [4.78, 5) is 14.7. The Morgan fingerprint density at radius 2 is 1.62 bits per heavy atom. The summed E-state index contributed by atoms with van der Waals surface area (Å²) in [6, 6.07) is 11.4. The molecule has 174 valence electrons. The highest BCUT2D eigenvalue weighted by molar-refractivity contribution is 5.80. The van der Waals surface area contributed by atoms with Gasteiger partial charge in [0.1, 0.15) is 5.54 Å². The molecule has 2 aromatic rings. The lowest BCUT2D eigenvalue weighted by atomic mass is 9.87. The molecule has 2 unspecified atom stereocenters. The third-order valence-electron chi connectivity index (χ3n) is 5.76. The average molecular weight is 459 g/mol. The Morgan fingerprint density at radius 1 is 1.00 bits per heavy atom. The van der Waals surface area contributed by atoms with Gasteiger partial charge in [-0.15, -0.1) is 0 Å². The first-order chi connectivity index (χ1) is 14.9. The Hall–Kier alpha value is -2.55. The summed E-state index contributed by atoms with van der Waals surface area (Å²) in [6.45, 7) is 2.05. The van der Waals surface area contributed by atoms with Crippen LogP contribution in [0.1, 0.15) is 49.0 Å². The zero-order chi connectivity index (χ0) is 23.6. The molecular formula is C23H23F6NO2. The van der Waals surface area contributed by atoms with E-state index >= 15 is 0 Å². The Morgan fingerprint density at radius 3 is 2.19 bits per heavy atom. The van der Waals surface area contributed by atoms with Gasteiger partial charge in [-0.25, -0.2) is 0 Å². The van der Waals surface area contributed by atoms with Crippen molar-refractivity contribution in [2.45, 2.75) is 56.7 Å². The van der Waals surface area contributed by atoms with Gasteiger partial charge in [-0.1, -0.05) is 42.5 Å². The van der Waals surface area contributed by atoms with Crippen molar-refractivity contribution in [2.24, 2.45) is 0 Å². The second-order valence-corrected chi connectivity index (χ2v) is 8.08. The van der Waals surface area contributed by atoms with Crippen LogP contribution in [0.2, 0.25) is 0 Å². The molecule has 0 bridgehead atoms. The van der Waals surface area contributed by atoms with Crippen LogP contribution in [0.3, 0.4) is 0 Å². The molecule has 1 aliphatic heterocycles. The van der Waals surface area contributed by atoms with E-state index in [-0.39, 0.29) is 18.5 Å². The summed E-state index contributed by atoms with van der Waals surface area (Å²) in [5.74, 6) is -1.00. The number of hydrogen-bond donors (Lipinski definition) is 0. The number of hydrogen-bond acceptors (Lipinski definition) is 3. The molecule has 0 amide bonds. The van der Waals surface area contributed by atoms with Gasteiger partial charge in [-0.2, -0.15) is 26.3 Å². The number of likely N-dealkylation sites (tertiary alicyclic amines) is 1. The van der Waals surface area contributed by atoms with Crippen LogP contribution in [0.25, 0.3) is 0 Å². The molecular weight excluding hydrogens is 436 g/mol. The Kier molecular flexibility index (Phi) is 6.88. The van der Waals surface area contributed by atoms with Crippen molar-refractivity contribution in [1.82, 2.24) is 4.90 Å². The largest absolute Gasteiger partial charge is 0.446 e. The van der Waals surface area contributed by atoms with E-state index < -0.39 is 35.5 Å². The standard InChI is InChI=1S/C23H23F6NO2/c1-21(20(31)32-19(23(27,28)29)17-7-3-2-4-8-17)13-5-6-14-30(21)15-16-9-11-18(12-10-16)22(24,25)26/h2-4,7-12,19H,5-6,13-15H2,1H3. The van der Waals surface area contributed by atoms with Crippen LogP contribution in [0, 0.1) is 0 Å². The number of ether oxygens (including phenoxy) is 1. The Bertz CT molecular complexity index is 911. The number of nitrogens with zero attached hydrogens (tertiary/aromatic N) is 1. The fourth-order valence-corrected chi connectivity index (χ4v) is 3.87. The Balaban J connectivity index is 1.81. The molecule has 0 saturated carbocycles. The summed E-state index contributed by atoms with van der Waals surface area (Å²) in [5, 5.41) is 0. The molecule has 2 aromatic carbocycles. The first-order valence-electron chi connectivity index (χ1n) is 10.2. The number of carbonyl (C=O) groups excluding carboxylic acids is 1. The van der Waals surface area contributed by atoms with E-state index in [1.165, 1.54) is 43.3 Å². The molecule has 1 heterocycles. The van der Waals surface area contributed by atoms with Gasteiger partial charge >= 0.3 is 18.3 Å². The van der Waals surface area contributed by atoms with Crippen molar-refractivity contribution in [3.8, 4) is 0 Å². The van der Waals surface area contributed by atoms with Gasteiger partial charge < -0.3 is 4.74 Å². The maximum absolute atomic E-state index is 13.7. The van der Waals surface area contributed by atoms with Crippen LogP contribution in [0.4, 0.5) is 26.3 Å². The van der Waals surface area contributed by atoms with Crippen molar-refractivity contribution in [3.05, 3.63) is 71.3 Å². The highest BCUT2D eigenvalue weighted by Gasteiger charge is 2.49. The van der Waals surface area contributed by atoms with Crippen LogP contribution in [0.15, 0.2) is 54.6 Å². The summed E-state index contributed by atoms with van der Waals surface area (Å²) >= 11 is 0. The van der Waals surface area contributed by atoms with Crippen LogP contribution < -0.4 is 0 Å². The summed E-state index contributed by atoms with van der Waals surface area (Å²) in [5.41, 5.74) is -1.78. The summed E-state index contributed by atoms with van der Waals surface area (Å²) in [6.07, 6.45) is -10.0. The van der Waals surface area contributed by atoms with Crippen molar-refractivity contribution in [3.63, 3.8) is 0 Å². The number of carbonyl (C=O) groups is 1.